The molecule has 3 rings (SSSR count). The number of hydrogen-bond acceptors (Lipinski definition) is 4. The van der Waals surface area contributed by atoms with Crippen LogP contribution in [0.25, 0.3) is 0 Å². The number of hydrogen-bond donors (Lipinski definition) is 2. The SMILES string of the molecule is O=C(O)C1CCc2nc(C3CCCCN3)nn2C1. The van der Waals surface area contributed by atoms with Crippen LogP contribution in [0.4, 0.5) is 0 Å². The number of fused-ring (bicyclic) bond motifs is 1. The topological polar surface area (TPSA) is 80.0 Å². The van der Waals surface area contributed by atoms with Gasteiger partial charge in [0, 0.05) is 6.42 Å². The van der Waals surface area contributed by atoms with Gasteiger partial charge in [-0.2, -0.15) is 5.10 Å². The van der Waals surface area contributed by atoms with Crippen molar-refractivity contribution in [2.75, 3.05) is 6.54 Å². The third-order valence-corrected chi connectivity index (χ3v) is 3.85. The smallest absolute Gasteiger partial charge is 0.308 e. The Labute approximate surface area is 105 Å². The van der Waals surface area contributed by atoms with E-state index in [1.165, 1.54) is 12.8 Å². The second-order valence-corrected chi connectivity index (χ2v) is 5.14. The van der Waals surface area contributed by atoms with Gasteiger partial charge in [-0.25, -0.2) is 9.67 Å². The Balaban J connectivity index is 1.78. The summed E-state index contributed by atoms with van der Waals surface area (Å²) in [5.74, 6) is 0.741. The van der Waals surface area contributed by atoms with Crippen molar-refractivity contribution in [3.05, 3.63) is 11.6 Å². The van der Waals surface area contributed by atoms with Gasteiger partial charge in [-0.05, 0) is 25.8 Å². The molecule has 6 nitrogen and oxygen atoms in total. The van der Waals surface area contributed by atoms with Gasteiger partial charge in [0.1, 0.15) is 5.82 Å². The van der Waals surface area contributed by atoms with E-state index in [4.69, 9.17) is 5.11 Å². The highest BCUT2D eigenvalue weighted by atomic mass is 16.4. The highest BCUT2D eigenvalue weighted by Gasteiger charge is 2.28. The fraction of sp³-hybridized carbons (Fsp3) is 0.750. The molecule has 1 fully saturated rings. The van der Waals surface area contributed by atoms with Crippen molar-refractivity contribution in [3.63, 3.8) is 0 Å². The normalized spacial score (nSPS) is 27.8. The largest absolute Gasteiger partial charge is 0.481 e. The number of nitrogens with one attached hydrogen (secondary N) is 1. The average molecular weight is 250 g/mol. The highest BCUT2D eigenvalue weighted by Crippen LogP contribution is 2.24. The maximum atomic E-state index is 11.0. The van der Waals surface area contributed by atoms with Crippen LogP contribution < -0.4 is 5.32 Å². The third-order valence-electron chi connectivity index (χ3n) is 3.85. The zero-order chi connectivity index (χ0) is 12.5. The lowest BCUT2D eigenvalue weighted by molar-refractivity contribution is -0.142. The zero-order valence-corrected chi connectivity index (χ0v) is 10.3. The summed E-state index contributed by atoms with van der Waals surface area (Å²) in [5, 5.41) is 17.0. The van der Waals surface area contributed by atoms with E-state index in [9.17, 15) is 4.79 Å². The molecule has 0 spiro atoms. The summed E-state index contributed by atoms with van der Waals surface area (Å²) in [4.78, 5) is 15.6. The first-order chi connectivity index (χ1) is 8.74. The van der Waals surface area contributed by atoms with E-state index < -0.39 is 5.97 Å². The summed E-state index contributed by atoms with van der Waals surface area (Å²) < 4.78 is 1.79. The van der Waals surface area contributed by atoms with Crippen molar-refractivity contribution in [1.82, 2.24) is 20.1 Å². The maximum Gasteiger partial charge on any atom is 0.308 e. The number of nitrogens with zero attached hydrogens (tertiary/aromatic N) is 3. The van der Waals surface area contributed by atoms with Gasteiger partial charge in [0.2, 0.25) is 0 Å². The molecule has 0 bridgehead atoms. The quantitative estimate of drug-likeness (QED) is 0.809. The molecule has 2 aliphatic rings. The van der Waals surface area contributed by atoms with Crippen LogP contribution in [0, 0.1) is 5.92 Å². The maximum absolute atomic E-state index is 11.0. The van der Waals surface area contributed by atoms with E-state index in [1.54, 1.807) is 4.68 Å². The lowest BCUT2D eigenvalue weighted by atomic mass is 10.0. The Bertz CT molecular complexity index is 451. The van der Waals surface area contributed by atoms with Crippen LogP contribution in [0.5, 0.6) is 0 Å². The molecular weight excluding hydrogens is 232 g/mol. The molecule has 0 radical (unpaired) electrons. The Morgan fingerprint density at radius 3 is 3.00 bits per heavy atom. The van der Waals surface area contributed by atoms with Crippen molar-refractivity contribution in [3.8, 4) is 0 Å². The van der Waals surface area contributed by atoms with E-state index in [0.717, 1.165) is 31.0 Å². The van der Waals surface area contributed by atoms with Gasteiger partial charge in [-0.1, -0.05) is 6.42 Å². The zero-order valence-electron chi connectivity index (χ0n) is 10.3. The van der Waals surface area contributed by atoms with E-state index in [2.05, 4.69) is 15.4 Å². The van der Waals surface area contributed by atoms with Crippen molar-refractivity contribution >= 4 is 5.97 Å². The minimum atomic E-state index is -0.728. The molecule has 2 aliphatic heterocycles. The molecular formula is C12H18N4O2. The average Bonchev–Trinajstić information content (AvgIpc) is 2.82. The molecule has 1 aromatic rings. The number of aromatic nitrogens is 3. The van der Waals surface area contributed by atoms with Gasteiger partial charge in [0.25, 0.3) is 0 Å². The molecule has 0 saturated carbocycles. The predicted molar refractivity (Wildman–Crippen MR) is 64.1 cm³/mol. The minimum Gasteiger partial charge on any atom is -0.481 e. The first-order valence-electron chi connectivity index (χ1n) is 6.64. The summed E-state index contributed by atoms with van der Waals surface area (Å²) in [5.41, 5.74) is 0. The van der Waals surface area contributed by atoms with Crippen molar-refractivity contribution in [2.24, 2.45) is 5.92 Å². The molecule has 0 aliphatic carbocycles. The number of carbonyl (C=O) groups is 1. The molecule has 2 unspecified atom stereocenters. The Morgan fingerprint density at radius 1 is 1.39 bits per heavy atom. The molecule has 2 atom stereocenters. The van der Waals surface area contributed by atoms with Crippen molar-refractivity contribution < 1.29 is 9.90 Å². The second-order valence-electron chi connectivity index (χ2n) is 5.14. The molecule has 0 amide bonds. The Kier molecular flexibility index (Phi) is 3.03. The summed E-state index contributed by atoms with van der Waals surface area (Å²) in [6.45, 7) is 1.48. The number of aliphatic carboxylic acids is 1. The van der Waals surface area contributed by atoms with Gasteiger partial charge in [-0.15, -0.1) is 0 Å². The van der Waals surface area contributed by atoms with Gasteiger partial charge < -0.3 is 10.4 Å². The van der Waals surface area contributed by atoms with Crippen LogP contribution in [0.3, 0.4) is 0 Å². The Morgan fingerprint density at radius 2 is 2.28 bits per heavy atom. The summed E-state index contributed by atoms with van der Waals surface area (Å²) in [6, 6.07) is 0.250. The van der Waals surface area contributed by atoms with Crippen LogP contribution in [0.15, 0.2) is 0 Å². The van der Waals surface area contributed by atoms with Gasteiger partial charge in [0.15, 0.2) is 5.82 Å². The highest BCUT2D eigenvalue weighted by molar-refractivity contribution is 5.70. The van der Waals surface area contributed by atoms with E-state index in [0.29, 0.717) is 13.0 Å². The van der Waals surface area contributed by atoms with E-state index in [1.807, 2.05) is 0 Å². The molecule has 1 saturated heterocycles. The van der Waals surface area contributed by atoms with Gasteiger partial charge >= 0.3 is 5.97 Å². The van der Waals surface area contributed by atoms with Gasteiger partial charge in [-0.3, -0.25) is 4.79 Å². The predicted octanol–water partition coefficient (Wildman–Crippen LogP) is 0.740. The molecule has 18 heavy (non-hydrogen) atoms. The van der Waals surface area contributed by atoms with Crippen LogP contribution in [-0.4, -0.2) is 32.4 Å². The summed E-state index contributed by atoms with van der Waals surface area (Å²) in [7, 11) is 0. The molecule has 3 heterocycles. The number of aryl methyl sites for hydroxylation is 1. The monoisotopic (exact) mass is 250 g/mol. The minimum absolute atomic E-state index is 0.250. The lowest BCUT2D eigenvalue weighted by Gasteiger charge is -2.20. The molecule has 6 heteroatoms. The van der Waals surface area contributed by atoms with Crippen LogP contribution >= 0.6 is 0 Å². The van der Waals surface area contributed by atoms with Crippen molar-refractivity contribution in [2.45, 2.75) is 44.7 Å². The van der Waals surface area contributed by atoms with Crippen molar-refractivity contribution in [1.29, 1.82) is 0 Å². The molecule has 0 aromatic carbocycles. The van der Waals surface area contributed by atoms with E-state index in [-0.39, 0.29) is 12.0 Å². The number of rotatable bonds is 2. The van der Waals surface area contributed by atoms with Crippen LogP contribution in [-0.2, 0) is 17.8 Å². The fourth-order valence-corrected chi connectivity index (χ4v) is 2.75. The standard InChI is InChI=1S/C12H18N4O2/c17-12(18)8-4-5-10-14-11(15-16(10)7-8)9-3-1-2-6-13-9/h8-9,13H,1-7H2,(H,17,18). The molecule has 98 valence electrons. The number of piperidine rings is 1. The summed E-state index contributed by atoms with van der Waals surface area (Å²) in [6.07, 6.45) is 4.89. The summed E-state index contributed by atoms with van der Waals surface area (Å²) >= 11 is 0. The molecule has 1 aromatic heterocycles. The first kappa shape index (κ1) is 11.6. The third kappa shape index (κ3) is 2.12. The van der Waals surface area contributed by atoms with Gasteiger partial charge in [0.05, 0.1) is 18.5 Å². The number of carboxylic acids is 1. The number of carboxylic acid groups (broad SMARTS) is 1. The first-order valence-corrected chi connectivity index (χ1v) is 6.64. The van der Waals surface area contributed by atoms with Crippen LogP contribution in [0.1, 0.15) is 43.4 Å². The second kappa shape index (κ2) is 4.68. The van der Waals surface area contributed by atoms with Crippen LogP contribution in [0.2, 0.25) is 0 Å². The Hall–Kier alpha value is -1.43. The lowest BCUT2D eigenvalue weighted by Crippen LogP contribution is -2.28. The fourth-order valence-electron chi connectivity index (χ4n) is 2.75. The van der Waals surface area contributed by atoms with E-state index >= 15 is 0 Å². The molecule has 2 N–H and O–H groups in total.